The van der Waals surface area contributed by atoms with Crippen LogP contribution < -0.4 is 4.90 Å². The largest absolute Gasteiger partial charge is 0.369 e. The molecule has 1 fully saturated rings. The number of aryl methyl sites for hydroxylation is 1. The summed E-state index contributed by atoms with van der Waals surface area (Å²) in [5, 5.41) is 0. The summed E-state index contributed by atoms with van der Waals surface area (Å²) in [6.45, 7) is 4.58. The molecule has 0 saturated carbocycles. The molecule has 2 heterocycles. The number of sulfonamides is 1. The Morgan fingerprint density at radius 2 is 1.68 bits per heavy atom. The van der Waals surface area contributed by atoms with Crippen molar-refractivity contribution in [3.63, 3.8) is 0 Å². The van der Waals surface area contributed by atoms with Crippen LogP contribution in [0, 0.1) is 0 Å². The van der Waals surface area contributed by atoms with E-state index in [1.165, 1.54) is 11.3 Å². The minimum atomic E-state index is -3.33. The standard InChI is InChI=1S/C16H20N2O2S2/c1-2-15-8-9-16(21-15)22(19,20)18-12-10-17(11-13-18)14-6-4-3-5-7-14/h3-9H,2,10-13H2,1H3. The van der Waals surface area contributed by atoms with Crippen LogP contribution in [0.4, 0.5) is 5.69 Å². The summed E-state index contributed by atoms with van der Waals surface area (Å²) in [5.74, 6) is 0. The van der Waals surface area contributed by atoms with Gasteiger partial charge in [-0.15, -0.1) is 11.3 Å². The number of benzene rings is 1. The van der Waals surface area contributed by atoms with Gasteiger partial charge in [0, 0.05) is 36.7 Å². The minimum Gasteiger partial charge on any atom is -0.369 e. The fourth-order valence-corrected chi connectivity index (χ4v) is 5.51. The number of thiophene rings is 1. The van der Waals surface area contributed by atoms with E-state index >= 15 is 0 Å². The third kappa shape index (κ3) is 3.04. The lowest BCUT2D eigenvalue weighted by Crippen LogP contribution is -2.48. The Kier molecular flexibility index (Phi) is 4.52. The summed E-state index contributed by atoms with van der Waals surface area (Å²) in [5.41, 5.74) is 1.16. The van der Waals surface area contributed by atoms with Crippen LogP contribution in [0.1, 0.15) is 11.8 Å². The highest BCUT2D eigenvalue weighted by Crippen LogP contribution is 2.26. The molecule has 0 atom stereocenters. The van der Waals surface area contributed by atoms with E-state index in [2.05, 4.69) is 17.0 Å². The van der Waals surface area contributed by atoms with Gasteiger partial charge in [-0.3, -0.25) is 0 Å². The number of rotatable bonds is 4. The van der Waals surface area contributed by atoms with Gasteiger partial charge < -0.3 is 4.90 Å². The molecule has 0 bridgehead atoms. The topological polar surface area (TPSA) is 40.6 Å². The molecule has 0 unspecified atom stereocenters. The summed E-state index contributed by atoms with van der Waals surface area (Å²) < 4.78 is 27.4. The quantitative estimate of drug-likeness (QED) is 0.862. The molecule has 2 aromatic rings. The molecule has 0 spiro atoms. The van der Waals surface area contributed by atoms with Crippen LogP contribution in [0.3, 0.4) is 0 Å². The Hall–Kier alpha value is -1.37. The minimum absolute atomic E-state index is 0.470. The highest BCUT2D eigenvalue weighted by molar-refractivity contribution is 7.91. The van der Waals surface area contributed by atoms with Gasteiger partial charge >= 0.3 is 0 Å². The molecule has 4 nitrogen and oxygen atoms in total. The van der Waals surface area contributed by atoms with Gasteiger partial charge in [-0.1, -0.05) is 25.1 Å². The van der Waals surface area contributed by atoms with E-state index in [1.807, 2.05) is 31.2 Å². The van der Waals surface area contributed by atoms with Gasteiger partial charge in [0.25, 0.3) is 10.0 Å². The lowest BCUT2D eigenvalue weighted by molar-refractivity contribution is 0.386. The van der Waals surface area contributed by atoms with Crippen molar-refractivity contribution >= 4 is 27.0 Å². The molecule has 1 aliphatic heterocycles. The SMILES string of the molecule is CCc1ccc(S(=O)(=O)N2CCN(c3ccccc3)CC2)s1. The van der Waals surface area contributed by atoms with Crippen molar-refractivity contribution in [1.29, 1.82) is 0 Å². The smallest absolute Gasteiger partial charge is 0.252 e. The van der Waals surface area contributed by atoms with Crippen LogP contribution in [0.15, 0.2) is 46.7 Å². The molecule has 1 aromatic carbocycles. The van der Waals surface area contributed by atoms with Gasteiger partial charge in [-0.2, -0.15) is 4.31 Å². The molecule has 6 heteroatoms. The summed E-state index contributed by atoms with van der Waals surface area (Å²) in [7, 11) is -3.33. The van der Waals surface area contributed by atoms with Crippen molar-refractivity contribution in [2.75, 3.05) is 31.1 Å². The van der Waals surface area contributed by atoms with Crippen LogP contribution in [0.5, 0.6) is 0 Å². The molecule has 1 aliphatic rings. The van der Waals surface area contributed by atoms with Crippen molar-refractivity contribution < 1.29 is 8.42 Å². The maximum Gasteiger partial charge on any atom is 0.252 e. The van der Waals surface area contributed by atoms with Gasteiger partial charge in [0.05, 0.1) is 0 Å². The first-order chi connectivity index (χ1) is 10.6. The van der Waals surface area contributed by atoms with E-state index in [1.54, 1.807) is 10.4 Å². The summed E-state index contributed by atoms with van der Waals surface area (Å²) in [6, 6.07) is 13.8. The van der Waals surface area contributed by atoms with E-state index in [0.29, 0.717) is 17.3 Å². The molecular weight excluding hydrogens is 316 g/mol. The third-order valence-corrected chi connectivity index (χ3v) is 7.54. The first kappa shape index (κ1) is 15.5. The number of piperazine rings is 1. The van der Waals surface area contributed by atoms with E-state index in [-0.39, 0.29) is 0 Å². The highest BCUT2D eigenvalue weighted by atomic mass is 32.2. The fourth-order valence-electron chi connectivity index (χ4n) is 2.64. The first-order valence-corrected chi connectivity index (χ1v) is 9.76. The number of hydrogen-bond donors (Lipinski definition) is 0. The fraction of sp³-hybridized carbons (Fsp3) is 0.375. The molecule has 118 valence electrons. The third-order valence-electron chi connectivity index (χ3n) is 3.94. The number of nitrogens with zero attached hydrogens (tertiary/aromatic N) is 2. The van der Waals surface area contributed by atoms with E-state index in [0.717, 1.165) is 30.1 Å². The molecule has 0 amide bonds. The van der Waals surface area contributed by atoms with Crippen LogP contribution in [-0.2, 0) is 16.4 Å². The Labute approximate surface area is 136 Å². The van der Waals surface area contributed by atoms with Crippen molar-refractivity contribution in [3.8, 4) is 0 Å². The number of anilines is 1. The predicted molar refractivity (Wildman–Crippen MR) is 91.1 cm³/mol. The maximum absolute atomic E-state index is 12.7. The Morgan fingerprint density at radius 1 is 1.00 bits per heavy atom. The van der Waals surface area contributed by atoms with Gasteiger partial charge in [0.15, 0.2) is 0 Å². The molecule has 0 N–H and O–H groups in total. The second-order valence-corrected chi connectivity index (χ2v) is 8.63. The van der Waals surface area contributed by atoms with E-state index < -0.39 is 10.0 Å². The van der Waals surface area contributed by atoms with Crippen molar-refractivity contribution in [1.82, 2.24) is 4.31 Å². The average Bonchev–Trinajstić information content (AvgIpc) is 3.06. The van der Waals surface area contributed by atoms with Crippen LogP contribution >= 0.6 is 11.3 Å². The molecular formula is C16H20N2O2S2. The highest BCUT2D eigenvalue weighted by Gasteiger charge is 2.29. The Morgan fingerprint density at radius 3 is 2.27 bits per heavy atom. The molecule has 22 heavy (non-hydrogen) atoms. The molecule has 0 radical (unpaired) electrons. The Balaban J connectivity index is 1.70. The average molecular weight is 336 g/mol. The van der Waals surface area contributed by atoms with Gasteiger partial charge in [0.2, 0.25) is 0 Å². The second-order valence-electron chi connectivity index (χ2n) is 5.30. The lowest BCUT2D eigenvalue weighted by atomic mass is 10.2. The second kappa shape index (κ2) is 6.40. The zero-order valence-electron chi connectivity index (χ0n) is 12.6. The first-order valence-electron chi connectivity index (χ1n) is 7.50. The lowest BCUT2D eigenvalue weighted by Gasteiger charge is -2.35. The van der Waals surface area contributed by atoms with Crippen molar-refractivity contribution in [2.45, 2.75) is 17.6 Å². The molecule has 1 aromatic heterocycles. The summed E-state index contributed by atoms with van der Waals surface area (Å²) in [6.07, 6.45) is 0.877. The maximum atomic E-state index is 12.7. The number of hydrogen-bond acceptors (Lipinski definition) is 4. The summed E-state index contributed by atoms with van der Waals surface area (Å²) >= 11 is 1.39. The zero-order valence-corrected chi connectivity index (χ0v) is 14.2. The van der Waals surface area contributed by atoms with Gasteiger partial charge in [-0.05, 0) is 30.7 Å². The molecule has 0 aliphatic carbocycles. The van der Waals surface area contributed by atoms with Crippen LogP contribution in [-0.4, -0.2) is 38.9 Å². The van der Waals surface area contributed by atoms with Gasteiger partial charge in [-0.25, -0.2) is 8.42 Å². The van der Waals surface area contributed by atoms with Crippen LogP contribution in [0.25, 0.3) is 0 Å². The summed E-state index contributed by atoms with van der Waals surface area (Å²) in [4.78, 5) is 3.35. The van der Waals surface area contributed by atoms with Crippen molar-refractivity contribution in [3.05, 3.63) is 47.3 Å². The molecule has 1 saturated heterocycles. The Bertz CT molecular complexity index is 718. The van der Waals surface area contributed by atoms with Crippen LogP contribution in [0.2, 0.25) is 0 Å². The van der Waals surface area contributed by atoms with E-state index in [4.69, 9.17) is 0 Å². The van der Waals surface area contributed by atoms with Gasteiger partial charge in [0.1, 0.15) is 4.21 Å². The van der Waals surface area contributed by atoms with E-state index in [9.17, 15) is 8.42 Å². The van der Waals surface area contributed by atoms with Crippen molar-refractivity contribution in [2.24, 2.45) is 0 Å². The normalized spacial score (nSPS) is 16.9. The zero-order chi connectivity index (χ0) is 15.6. The molecule has 3 rings (SSSR count). The predicted octanol–water partition coefficient (Wildman–Crippen LogP) is 2.82. The number of para-hydroxylation sites is 1. The monoisotopic (exact) mass is 336 g/mol.